The second-order valence-electron chi connectivity index (χ2n) is 9.31. The maximum Gasteiger partial charge on any atom is 0.215 e. The lowest BCUT2D eigenvalue weighted by Crippen LogP contribution is -2.69. The number of hydrogen-bond donors (Lipinski definition) is 8. The molecule has 2 aliphatic heterocycles. The lowest BCUT2D eigenvalue weighted by Gasteiger charge is -2.49. The van der Waals surface area contributed by atoms with Crippen molar-refractivity contribution in [3.8, 4) is 0 Å². The minimum atomic E-state index is -1.28. The van der Waals surface area contributed by atoms with E-state index >= 15 is 0 Å². The summed E-state index contributed by atoms with van der Waals surface area (Å²) in [5, 5.41) is 38.8. The largest absolute Gasteiger partial charge is 0.467 e. The van der Waals surface area contributed by atoms with E-state index in [1.54, 1.807) is 14.0 Å². The van der Waals surface area contributed by atoms with Crippen molar-refractivity contribution in [2.75, 3.05) is 26.7 Å². The molecule has 3 aliphatic rings. The normalized spacial score (nSPS) is 46.5. The van der Waals surface area contributed by atoms with E-state index in [4.69, 9.17) is 36.1 Å². The molecule has 0 amide bonds. The summed E-state index contributed by atoms with van der Waals surface area (Å²) in [4.78, 5) is 0. The van der Waals surface area contributed by atoms with Gasteiger partial charge in [-0.3, -0.25) is 0 Å². The Labute approximate surface area is 194 Å². The molecule has 2 heterocycles. The fourth-order valence-corrected chi connectivity index (χ4v) is 4.86. The fourth-order valence-electron chi connectivity index (χ4n) is 4.86. The number of aliphatic hydroxyl groups is 3. The molecule has 12 nitrogen and oxygen atoms in total. The number of rotatable bonds is 8. The summed E-state index contributed by atoms with van der Waals surface area (Å²) in [7, 11) is 1.64. The highest BCUT2D eigenvalue weighted by atomic mass is 16.7. The van der Waals surface area contributed by atoms with E-state index < -0.39 is 60.7 Å². The highest BCUT2D eigenvalue weighted by molar-refractivity contribution is 5.05. The average molecular weight is 476 g/mol. The van der Waals surface area contributed by atoms with Crippen molar-refractivity contribution >= 4 is 0 Å². The Morgan fingerprint density at radius 1 is 1.15 bits per heavy atom. The van der Waals surface area contributed by atoms with E-state index in [2.05, 4.69) is 10.6 Å². The Morgan fingerprint density at radius 2 is 1.85 bits per heavy atom. The van der Waals surface area contributed by atoms with Gasteiger partial charge in [0.1, 0.15) is 35.8 Å². The molecule has 33 heavy (non-hydrogen) atoms. The second kappa shape index (κ2) is 11.2. The summed E-state index contributed by atoms with van der Waals surface area (Å²) in [6.45, 7) is 4.30. The quantitative estimate of drug-likeness (QED) is 0.175. The molecule has 0 aromatic rings. The van der Waals surface area contributed by atoms with Crippen LogP contribution in [0.3, 0.4) is 0 Å². The Hall–Kier alpha value is -0.900. The van der Waals surface area contributed by atoms with Gasteiger partial charge in [0.15, 0.2) is 6.29 Å². The maximum absolute atomic E-state index is 11.3. The van der Waals surface area contributed by atoms with E-state index in [9.17, 15) is 15.3 Å². The van der Waals surface area contributed by atoms with Gasteiger partial charge >= 0.3 is 0 Å². The highest BCUT2D eigenvalue weighted by Crippen LogP contribution is 2.31. The molecule has 0 spiro atoms. The van der Waals surface area contributed by atoms with Crippen LogP contribution < -0.4 is 27.8 Å². The van der Waals surface area contributed by atoms with Crippen LogP contribution in [0.4, 0.5) is 0 Å². The molecule has 1 saturated heterocycles. The SMILES string of the molecule is CCN[C@@H]1C[C@H](N)[C@H](O[C@@H]2OC(CN)=CC[C@@H]2N)[C@H](O)[C@@H]1O[C@@H]1OC[C@](C)(O)[C@@H](NC)[C@@H]1O. The van der Waals surface area contributed by atoms with Crippen molar-refractivity contribution in [1.29, 1.82) is 0 Å². The summed E-state index contributed by atoms with van der Waals surface area (Å²) in [6.07, 6.45) is -3.05. The number of hydrogen-bond acceptors (Lipinski definition) is 12. The molecule has 0 radical (unpaired) electrons. The molecule has 11 N–H and O–H groups in total. The third-order valence-corrected chi connectivity index (χ3v) is 6.64. The van der Waals surface area contributed by atoms with Crippen molar-refractivity contribution in [3.63, 3.8) is 0 Å². The van der Waals surface area contributed by atoms with Gasteiger partial charge < -0.3 is 62.1 Å². The third-order valence-electron chi connectivity index (χ3n) is 6.64. The first-order chi connectivity index (χ1) is 15.6. The van der Waals surface area contributed by atoms with E-state index in [0.29, 0.717) is 25.1 Å². The van der Waals surface area contributed by atoms with Crippen LogP contribution >= 0.6 is 0 Å². The first-order valence-corrected chi connectivity index (χ1v) is 11.6. The predicted octanol–water partition coefficient (Wildman–Crippen LogP) is -3.20. The third kappa shape index (κ3) is 5.85. The number of ether oxygens (including phenoxy) is 4. The van der Waals surface area contributed by atoms with Crippen LogP contribution in [0, 0.1) is 0 Å². The smallest absolute Gasteiger partial charge is 0.215 e. The molecule has 3 rings (SSSR count). The predicted molar refractivity (Wildman–Crippen MR) is 120 cm³/mol. The molecule has 11 atom stereocenters. The van der Waals surface area contributed by atoms with Crippen LogP contribution in [-0.2, 0) is 18.9 Å². The lowest BCUT2D eigenvalue weighted by atomic mass is 9.83. The minimum Gasteiger partial charge on any atom is -0.467 e. The van der Waals surface area contributed by atoms with Gasteiger partial charge in [0.25, 0.3) is 0 Å². The van der Waals surface area contributed by atoms with Crippen LogP contribution in [-0.4, -0.2) is 109 Å². The molecule has 0 unspecified atom stereocenters. The van der Waals surface area contributed by atoms with Gasteiger partial charge in [-0.15, -0.1) is 0 Å². The average Bonchev–Trinajstić information content (AvgIpc) is 2.76. The summed E-state index contributed by atoms with van der Waals surface area (Å²) < 4.78 is 23.6. The van der Waals surface area contributed by atoms with E-state index in [1.807, 2.05) is 13.0 Å². The van der Waals surface area contributed by atoms with Crippen molar-refractivity contribution in [3.05, 3.63) is 11.8 Å². The highest BCUT2D eigenvalue weighted by Gasteiger charge is 2.51. The van der Waals surface area contributed by atoms with Gasteiger partial charge in [0, 0.05) is 12.1 Å². The summed E-state index contributed by atoms with van der Waals surface area (Å²) in [6, 6.07) is -1.95. The van der Waals surface area contributed by atoms with Gasteiger partial charge in [-0.1, -0.05) is 6.92 Å². The van der Waals surface area contributed by atoms with Gasteiger partial charge in [0.2, 0.25) is 6.29 Å². The topological polar surface area (TPSA) is 200 Å². The van der Waals surface area contributed by atoms with Crippen LogP contribution in [0.1, 0.15) is 26.7 Å². The molecule has 0 bridgehead atoms. The molecule has 0 aromatic carbocycles. The Balaban J connectivity index is 1.75. The molecule has 192 valence electrons. The number of nitrogens with two attached hydrogens (primary N) is 3. The van der Waals surface area contributed by atoms with Gasteiger partial charge in [-0.25, -0.2) is 0 Å². The van der Waals surface area contributed by atoms with Crippen molar-refractivity contribution in [2.24, 2.45) is 17.2 Å². The van der Waals surface area contributed by atoms with Crippen molar-refractivity contribution in [2.45, 2.75) is 93.5 Å². The molecule has 12 heteroatoms. The molecule has 2 fully saturated rings. The zero-order chi connectivity index (χ0) is 24.3. The zero-order valence-electron chi connectivity index (χ0n) is 19.6. The number of nitrogens with one attached hydrogen (secondary N) is 2. The van der Waals surface area contributed by atoms with Gasteiger partial charge in [0.05, 0.1) is 25.2 Å². The summed E-state index contributed by atoms with van der Waals surface area (Å²) >= 11 is 0. The molecular formula is C21H41N5O7. The van der Waals surface area contributed by atoms with Crippen LogP contribution in [0.2, 0.25) is 0 Å². The molecule has 0 aromatic heterocycles. The molecular weight excluding hydrogens is 434 g/mol. The van der Waals surface area contributed by atoms with Crippen LogP contribution in [0.25, 0.3) is 0 Å². The van der Waals surface area contributed by atoms with Gasteiger partial charge in [-0.2, -0.15) is 0 Å². The van der Waals surface area contributed by atoms with E-state index in [1.165, 1.54) is 0 Å². The zero-order valence-corrected chi connectivity index (χ0v) is 19.6. The Bertz CT molecular complexity index is 669. The lowest BCUT2D eigenvalue weighted by molar-refractivity contribution is -0.304. The van der Waals surface area contributed by atoms with E-state index in [0.717, 1.165) is 0 Å². The minimum absolute atomic E-state index is 0.0483. The Kier molecular flexibility index (Phi) is 9.08. The van der Waals surface area contributed by atoms with Crippen molar-refractivity contribution < 1.29 is 34.3 Å². The maximum atomic E-state index is 11.3. The van der Waals surface area contributed by atoms with E-state index in [-0.39, 0.29) is 19.2 Å². The fraction of sp³-hybridized carbons (Fsp3) is 0.905. The summed E-state index contributed by atoms with van der Waals surface area (Å²) in [5.74, 6) is 0.572. The van der Waals surface area contributed by atoms with Crippen molar-refractivity contribution in [1.82, 2.24) is 10.6 Å². The monoisotopic (exact) mass is 475 g/mol. The first-order valence-electron chi connectivity index (χ1n) is 11.6. The van der Waals surface area contributed by atoms with Gasteiger partial charge in [-0.05, 0) is 39.4 Å². The van der Waals surface area contributed by atoms with Crippen LogP contribution in [0.15, 0.2) is 11.8 Å². The second-order valence-corrected chi connectivity index (χ2v) is 9.31. The molecule has 1 aliphatic carbocycles. The molecule has 1 saturated carbocycles. The summed E-state index contributed by atoms with van der Waals surface area (Å²) in [5.41, 5.74) is 16.9. The number of aliphatic hydroxyl groups excluding tert-OH is 2. The first kappa shape index (κ1) is 26.7. The standard InChI is InChI=1S/C21H41N5O7/c1-4-26-13-7-12(24)16(32-19-11(23)6-5-10(8-22)31-19)14(27)17(13)33-20-15(28)18(25-3)21(2,29)9-30-20/h5,11-20,25-29H,4,6-9,22-24H2,1-3H3/t11-,12-,13+,14-,15-,16-,17+,18-,19-,20-,21-/m0/s1. The van der Waals surface area contributed by atoms with Crippen LogP contribution in [0.5, 0.6) is 0 Å². The number of likely N-dealkylation sites (N-methyl/N-ethyl adjacent to an activating group) is 2. The Morgan fingerprint density at radius 3 is 2.48 bits per heavy atom.